The van der Waals surface area contributed by atoms with Gasteiger partial charge in [-0.15, -0.1) is 0 Å². The highest BCUT2D eigenvalue weighted by Crippen LogP contribution is 2.21. The van der Waals surface area contributed by atoms with E-state index >= 15 is 0 Å². The number of nitrogens with zero attached hydrogens (tertiary/aromatic N) is 2. The molecule has 0 aliphatic heterocycles. The zero-order chi connectivity index (χ0) is 13.9. The van der Waals surface area contributed by atoms with Crippen LogP contribution in [0.2, 0.25) is 0 Å². The first-order valence-corrected chi connectivity index (χ1v) is 6.35. The average molecular weight is 251 g/mol. The van der Waals surface area contributed by atoms with Crippen molar-refractivity contribution in [1.82, 2.24) is 9.47 Å². The summed E-state index contributed by atoms with van der Waals surface area (Å²) in [5, 5.41) is 0. The van der Waals surface area contributed by atoms with Crippen LogP contribution in [-0.2, 0) is 18.5 Å². The predicted molar refractivity (Wildman–Crippen MR) is 75.8 cm³/mol. The minimum Gasteiger partial charge on any atom is -0.326 e. The third-order valence-corrected chi connectivity index (χ3v) is 3.01. The molecule has 0 aliphatic rings. The molecule has 4 nitrogen and oxygen atoms in total. The monoisotopic (exact) mass is 251 g/mol. The van der Waals surface area contributed by atoms with Crippen molar-refractivity contribution in [2.45, 2.75) is 39.3 Å². The Morgan fingerprint density at radius 3 is 2.33 bits per heavy atom. The van der Waals surface area contributed by atoms with Crippen molar-refractivity contribution < 1.29 is 0 Å². The van der Waals surface area contributed by atoms with Crippen molar-refractivity contribution in [1.29, 1.82) is 0 Å². The highest BCUT2D eigenvalue weighted by molar-refractivity contribution is 5.21. The quantitative estimate of drug-likeness (QED) is 0.874. The van der Waals surface area contributed by atoms with Crippen LogP contribution in [-0.4, -0.2) is 30.1 Å². The topological polar surface area (TPSA) is 51.3 Å². The fraction of sp³-hybridized carbons (Fsp3) is 0.643. The van der Waals surface area contributed by atoms with Crippen LogP contribution in [0.3, 0.4) is 0 Å². The third-order valence-electron chi connectivity index (χ3n) is 3.01. The number of likely N-dealkylation sites (N-methyl/N-ethyl adjacent to an activating group) is 1. The molecule has 1 aromatic heterocycles. The van der Waals surface area contributed by atoms with Gasteiger partial charge in [-0.25, -0.2) is 0 Å². The SMILES string of the molecule is CN(C)CCn1c(C(C)(C)C)ccc(CN)c1=O. The van der Waals surface area contributed by atoms with E-state index in [1.54, 1.807) is 0 Å². The molecule has 18 heavy (non-hydrogen) atoms. The fourth-order valence-corrected chi connectivity index (χ4v) is 1.96. The molecule has 1 rings (SSSR count). The van der Waals surface area contributed by atoms with Crippen molar-refractivity contribution in [2.75, 3.05) is 20.6 Å². The molecule has 2 N–H and O–H groups in total. The Kier molecular flexibility index (Phi) is 4.71. The van der Waals surface area contributed by atoms with Crippen LogP contribution in [0.1, 0.15) is 32.0 Å². The Morgan fingerprint density at radius 2 is 1.89 bits per heavy atom. The number of aromatic nitrogens is 1. The van der Waals surface area contributed by atoms with Gasteiger partial charge in [0.1, 0.15) is 0 Å². The van der Waals surface area contributed by atoms with Gasteiger partial charge in [-0.05, 0) is 20.2 Å². The van der Waals surface area contributed by atoms with E-state index < -0.39 is 0 Å². The summed E-state index contributed by atoms with van der Waals surface area (Å²) in [5.74, 6) is 0. The number of nitrogens with two attached hydrogens (primary N) is 1. The van der Waals surface area contributed by atoms with E-state index in [9.17, 15) is 4.79 Å². The van der Waals surface area contributed by atoms with Crippen LogP contribution < -0.4 is 11.3 Å². The Bertz CT molecular complexity index is 455. The molecule has 1 aromatic rings. The Balaban J connectivity index is 3.27. The molecule has 0 spiro atoms. The fourth-order valence-electron chi connectivity index (χ4n) is 1.96. The number of hydrogen-bond acceptors (Lipinski definition) is 3. The lowest BCUT2D eigenvalue weighted by Gasteiger charge is -2.25. The molecule has 0 aliphatic carbocycles. The molecule has 0 unspecified atom stereocenters. The van der Waals surface area contributed by atoms with Crippen LogP contribution in [0, 0.1) is 0 Å². The number of hydrogen-bond donors (Lipinski definition) is 1. The van der Waals surface area contributed by atoms with Crippen LogP contribution in [0.25, 0.3) is 0 Å². The predicted octanol–water partition coefficient (Wildman–Crippen LogP) is 1.17. The normalized spacial score (nSPS) is 12.2. The molecular weight excluding hydrogens is 226 g/mol. The summed E-state index contributed by atoms with van der Waals surface area (Å²) >= 11 is 0. The average Bonchev–Trinajstić information content (AvgIpc) is 2.25. The van der Waals surface area contributed by atoms with Crippen LogP contribution in [0.15, 0.2) is 16.9 Å². The molecular formula is C14H25N3O. The van der Waals surface area contributed by atoms with E-state index in [4.69, 9.17) is 5.73 Å². The van der Waals surface area contributed by atoms with Gasteiger partial charge in [0.2, 0.25) is 0 Å². The Morgan fingerprint density at radius 1 is 1.28 bits per heavy atom. The van der Waals surface area contributed by atoms with Crippen molar-refractivity contribution >= 4 is 0 Å². The molecule has 0 saturated carbocycles. The van der Waals surface area contributed by atoms with E-state index in [1.807, 2.05) is 30.8 Å². The van der Waals surface area contributed by atoms with Crippen molar-refractivity contribution in [2.24, 2.45) is 5.73 Å². The highest BCUT2D eigenvalue weighted by Gasteiger charge is 2.19. The molecule has 0 fully saturated rings. The smallest absolute Gasteiger partial charge is 0.255 e. The van der Waals surface area contributed by atoms with Gasteiger partial charge in [0.05, 0.1) is 0 Å². The minimum absolute atomic E-state index is 0.0431. The minimum atomic E-state index is -0.0431. The molecule has 102 valence electrons. The van der Waals surface area contributed by atoms with Gasteiger partial charge in [0.25, 0.3) is 5.56 Å². The lowest BCUT2D eigenvalue weighted by molar-refractivity contribution is 0.368. The lowest BCUT2D eigenvalue weighted by atomic mass is 9.90. The number of pyridine rings is 1. The van der Waals surface area contributed by atoms with Gasteiger partial charge >= 0.3 is 0 Å². The van der Waals surface area contributed by atoms with Gasteiger partial charge in [-0.1, -0.05) is 26.8 Å². The Hall–Kier alpha value is -1.13. The van der Waals surface area contributed by atoms with Gasteiger partial charge < -0.3 is 15.2 Å². The zero-order valence-electron chi connectivity index (χ0n) is 12.2. The summed E-state index contributed by atoms with van der Waals surface area (Å²) in [6.45, 7) is 8.21. The standard InChI is InChI=1S/C14H25N3O/c1-14(2,3)12-7-6-11(10-15)13(18)17(12)9-8-16(4)5/h6-7H,8-10,15H2,1-5H3. The second-order valence-electron chi connectivity index (χ2n) is 5.96. The van der Waals surface area contributed by atoms with Crippen molar-refractivity contribution in [3.63, 3.8) is 0 Å². The molecule has 0 amide bonds. The van der Waals surface area contributed by atoms with E-state index in [0.717, 1.165) is 12.2 Å². The molecule has 0 aromatic carbocycles. The molecule has 0 radical (unpaired) electrons. The first-order valence-electron chi connectivity index (χ1n) is 6.35. The summed E-state index contributed by atoms with van der Waals surface area (Å²) in [7, 11) is 4.02. The summed E-state index contributed by atoms with van der Waals surface area (Å²) in [6.07, 6.45) is 0. The zero-order valence-corrected chi connectivity index (χ0v) is 12.2. The second kappa shape index (κ2) is 5.67. The molecule has 0 atom stereocenters. The molecule has 1 heterocycles. The largest absolute Gasteiger partial charge is 0.326 e. The molecule has 0 bridgehead atoms. The lowest BCUT2D eigenvalue weighted by Crippen LogP contribution is -2.35. The van der Waals surface area contributed by atoms with Crippen LogP contribution in [0.4, 0.5) is 0 Å². The summed E-state index contributed by atoms with van der Waals surface area (Å²) < 4.78 is 1.86. The first kappa shape index (κ1) is 14.9. The van der Waals surface area contributed by atoms with E-state index in [2.05, 4.69) is 25.7 Å². The maximum Gasteiger partial charge on any atom is 0.255 e. The first-order chi connectivity index (χ1) is 8.27. The number of rotatable bonds is 4. The van der Waals surface area contributed by atoms with E-state index in [0.29, 0.717) is 18.7 Å². The summed E-state index contributed by atoms with van der Waals surface area (Å²) in [5.41, 5.74) is 7.36. The van der Waals surface area contributed by atoms with E-state index in [-0.39, 0.29) is 11.0 Å². The van der Waals surface area contributed by atoms with Crippen LogP contribution in [0.5, 0.6) is 0 Å². The van der Waals surface area contributed by atoms with E-state index in [1.165, 1.54) is 0 Å². The van der Waals surface area contributed by atoms with Gasteiger partial charge in [0.15, 0.2) is 0 Å². The summed E-state index contributed by atoms with van der Waals surface area (Å²) in [4.78, 5) is 14.4. The van der Waals surface area contributed by atoms with Gasteiger partial charge in [-0.2, -0.15) is 0 Å². The van der Waals surface area contributed by atoms with Crippen LogP contribution >= 0.6 is 0 Å². The third kappa shape index (κ3) is 3.43. The second-order valence-corrected chi connectivity index (χ2v) is 5.96. The highest BCUT2D eigenvalue weighted by atomic mass is 16.1. The van der Waals surface area contributed by atoms with Crippen molar-refractivity contribution in [3.05, 3.63) is 33.7 Å². The maximum absolute atomic E-state index is 12.3. The molecule has 4 heteroatoms. The van der Waals surface area contributed by atoms with Gasteiger partial charge in [-0.3, -0.25) is 4.79 Å². The Labute approximate surface area is 109 Å². The van der Waals surface area contributed by atoms with Gasteiger partial charge in [0, 0.05) is 36.3 Å². The molecule has 0 saturated heterocycles. The van der Waals surface area contributed by atoms with Crippen molar-refractivity contribution in [3.8, 4) is 0 Å². The summed E-state index contributed by atoms with van der Waals surface area (Å²) in [6, 6.07) is 3.88. The maximum atomic E-state index is 12.3.